The monoisotopic (exact) mass is 240 g/mol. The van der Waals surface area contributed by atoms with E-state index < -0.39 is 5.97 Å². The molecule has 1 aliphatic heterocycles. The molecule has 2 amide bonds. The van der Waals surface area contributed by atoms with Gasteiger partial charge in [0, 0.05) is 18.1 Å². The Balaban J connectivity index is 1.90. The van der Waals surface area contributed by atoms with Crippen LogP contribution in [0.1, 0.15) is 39.5 Å². The zero-order valence-electron chi connectivity index (χ0n) is 10.4. The lowest BCUT2D eigenvalue weighted by atomic mass is 9.92. The van der Waals surface area contributed by atoms with Crippen LogP contribution in [0.3, 0.4) is 0 Å². The summed E-state index contributed by atoms with van der Waals surface area (Å²) in [5, 5.41) is 12.0. The zero-order valence-corrected chi connectivity index (χ0v) is 10.4. The van der Waals surface area contributed by atoms with Gasteiger partial charge in [-0.25, -0.2) is 4.79 Å². The predicted molar refractivity (Wildman–Crippen MR) is 62.7 cm³/mol. The molecule has 0 aromatic carbocycles. The van der Waals surface area contributed by atoms with E-state index in [0.717, 1.165) is 12.8 Å². The van der Waals surface area contributed by atoms with Gasteiger partial charge in [-0.1, -0.05) is 0 Å². The molecule has 2 fully saturated rings. The smallest absolute Gasteiger partial charge is 0.318 e. The van der Waals surface area contributed by atoms with Crippen molar-refractivity contribution in [3.63, 3.8) is 0 Å². The van der Waals surface area contributed by atoms with Crippen LogP contribution in [-0.4, -0.2) is 40.1 Å². The average Bonchev–Trinajstić information content (AvgIpc) is 2.95. The number of carboxylic acids is 1. The molecule has 0 radical (unpaired) electrons. The Labute approximate surface area is 101 Å². The summed E-state index contributed by atoms with van der Waals surface area (Å²) in [7, 11) is 0. The van der Waals surface area contributed by atoms with Gasteiger partial charge in [-0.15, -0.1) is 0 Å². The molecule has 1 aliphatic carbocycles. The van der Waals surface area contributed by atoms with Crippen molar-refractivity contribution in [2.75, 3.05) is 6.54 Å². The summed E-state index contributed by atoms with van der Waals surface area (Å²) < 4.78 is 0. The third kappa shape index (κ3) is 2.70. The molecule has 0 spiro atoms. The molecule has 5 heteroatoms. The lowest BCUT2D eigenvalue weighted by Gasteiger charge is -2.36. The van der Waals surface area contributed by atoms with Crippen LogP contribution >= 0.6 is 0 Å². The van der Waals surface area contributed by atoms with E-state index in [0.29, 0.717) is 19.4 Å². The molecule has 0 aromatic heterocycles. The first-order chi connectivity index (χ1) is 7.91. The number of aliphatic carboxylic acids is 1. The first-order valence-corrected chi connectivity index (χ1v) is 6.23. The number of nitrogens with zero attached hydrogens (tertiary/aromatic N) is 1. The van der Waals surface area contributed by atoms with E-state index >= 15 is 0 Å². The summed E-state index contributed by atoms with van der Waals surface area (Å²) in [6, 6.07) is -0.0338. The summed E-state index contributed by atoms with van der Waals surface area (Å²) in [5.74, 6) is -1.04. The SMILES string of the molecule is CC1CC(C(=O)O)CCN1C(=O)NC1(C)CC1. The number of carbonyl (C=O) groups excluding carboxylic acids is 1. The van der Waals surface area contributed by atoms with Crippen LogP contribution in [0.15, 0.2) is 0 Å². The third-order valence-electron chi connectivity index (χ3n) is 3.89. The number of piperidine rings is 1. The largest absolute Gasteiger partial charge is 0.481 e. The van der Waals surface area contributed by atoms with Gasteiger partial charge in [0.15, 0.2) is 0 Å². The second kappa shape index (κ2) is 4.20. The van der Waals surface area contributed by atoms with Crippen LogP contribution in [0.4, 0.5) is 4.79 Å². The van der Waals surface area contributed by atoms with Crippen molar-refractivity contribution in [3.8, 4) is 0 Å². The summed E-state index contributed by atoms with van der Waals surface area (Å²) in [6.45, 7) is 4.50. The fourth-order valence-corrected chi connectivity index (χ4v) is 2.34. The van der Waals surface area contributed by atoms with Gasteiger partial charge in [0.2, 0.25) is 0 Å². The van der Waals surface area contributed by atoms with E-state index in [-0.39, 0.29) is 23.5 Å². The lowest BCUT2D eigenvalue weighted by Crippen LogP contribution is -2.52. The molecule has 0 aromatic rings. The molecule has 2 atom stereocenters. The van der Waals surface area contributed by atoms with Gasteiger partial charge in [-0.2, -0.15) is 0 Å². The van der Waals surface area contributed by atoms with Crippen molar-refractivity contribution < 1.29 is 14.7 Å². The Morgan fingerprint density at radius 3 is 2.53 bits per heavy atom. The Morgan fingerprint density at radius 2 is 2.06 bits per heavy atom. The van der Waals surface area contributed by atoms with Gasteiger partial charge in [0.1, 0.15) is 0 Å². The minimum atomic E-state index is -0.744. The molecule has 0 bridgehead atoms. The molecular weight excluding hydrogens is 220 g/mol. The van der Waals surface area contributed by atoms with Crippen LogP contribution in [0, 0.1) is 5.92 Å². The minimum absolute atomic E-state index is 0.00667. The van der Waals surface area contributed by atoms with Crippen molar-refractivity contribution in [1.29, 1.82) is 0 Å². The Bertz CT molecular complexity index is 339. The van der Waals surface area contributed by atoms with Gasteiger partial charge in [-0.05, 0) is 39.5 Å². The lowest BCUT2D eigenvalue weighted by molar-refractivity contribution is -0.143. The van der Waals surface area contributed by atoms with Gasteiger partial charge < -0.3 is 15.3 Å². The number of likely N-dealkylation sites (tertiary alicyclic amines) is 1. The second-order valence-electron chi connectivity index (χ2n) is 5.59. The summed E-state index contributed by atoms with van der Waals surface area (Å²) in [4.78, 5) is 24.7. The number of amides is 2. The highest BCUT2D eigenvalue weighted by Crippen LogP contribution is 2.35. The molecule has 2 N–H and O–H groups in total. The summed E-state index contributed by atoms with van der Waals surface area (Å²) in [5.41, 5.74) is -0.0134. The van der Waals surface area contributed by atoms with Crippen molar-refractivity contribution in [2.45, 2.75) is 51.1 Å². The third-order valence-corrected chi connectivity index (χ3v) is 3.89. The Morgan fingerprint density at radius 1 is 1.41 bits per heavy atom. The van der Waals surface area contributed by atoms with Crippen molar-refractivity contribution in [1.82, 2.24) is 10.2 Å². The minimum Gasteiger partial charge on any atom is -0.481 e. The van der Waals surface area contributed by atoms with Crippen LogP contribution in [-0.2, 0) is 4.79 Å². The molecular formula is C12H20N2O3. The molecule has 2 aliphatic rings. The van der Waals surface area contributed by atoms with Gasteiger partial charge in [-0.3, -0.25) is 4.79 Å². The van der Waals surface area contributed by atoms with E-state index in [1.807, 2.05) is 13.8 Å². The van der Waals surface area contributed by atoms with Crippen molar-refractivity contribution in [2.24, 2.45) is 5.92 Å². The quantitative estimate of drug-likeness (QED) is 0.767. The van der Waals surface area contributed by atoms with Gasteiger partial charge in [0.25, 0.3) is 0 Å². The highest BCUT2D eigenvalue weighted by molar-refractivity contribution is 5.77. The maximum absolute atomic E-state index is 12.0. The summed E-state index contributed by atoms with van der Waals surface area (Å²) in [6.07, 6.45) is 3.20. The van der Waals surface area contributed by atoms with Crippen LogP contribution in [0.25, 0.3) is 0 Å². The fourth-order valence-electron chi connectivity index (χ4n) is 2.34. The van der Waals surface area contributed by atoms with E-state index in [9.17, 15) is 9.59 Å². The summed E-state index contributed by atoms with van der Waals surface area (Å²) >= 11 is 0. The zero-order chi connectivity index (χ0) is 12.6. The van der Waals surface area contributed by atoms with Crippen LogP contribution < -0.4 is 5.32 Å². The number of hydrogen-bond acceptors (Lipinski definition) is 2. The van der Waals surface area contributed by atoms with E-state index in [1.165, 1.54) is 0 Å². The van der Waals surface area contributed by atoms with E-state index in [2.05, 4.69) is 5.32 Å². The average molecular weight is 240 g/mol. The Kier molecular flexibility index (Phi) is 3.02. The van der Waals surface area contributed by atoms with E-state index in [4.69, 9.17) is 5.11 Å². The van der Waals surface area contributed by atoms with Gasteiger partial charge in [0.05, 0.1) is 5.92 Å². The molecule has 2 unspecified atom stereocenters. The maximum Gasteiger partial charge on any atom is 0.318 e. The molecule has 1 heterocycles. The molecule has 2 rings (SSSR count). The van der Waals surface area contributed by atoms with Crippen LogP contribution in [0.5, 0.6) is 0 Å². The standard InChI is InChI=1S/C12H20N2O3/c1-8-7-9(10(15)16)3-6-14(8)11(17)13-12(2)4-5-12/h8-9H,3-7H2,1-2H3,(H,13,17)(H,15,16). The van der Waals surface area contributed by atoms with Crippen LogP contribution in [0.2, 0.25) is 0 Å². The molecule has 96 valence electrons. The normalized spacial score (nSPS) is 30.8. The second-order valence-corrected chi connectivity index (χ2v) is 5.59. The predicted octanol–water partition coefficient (Wildman–Crippen LogP) is 1.43. The number of hydrogen-bond donors (Lipinski definition) is 2. The number of rotatable bonds is 2. The molecule has 1 saturated carbocycles. The molecule has 1 saturated heterocycles. The van der Waals surface area contributed by atoms with E-state index in [1.54, 1.807) is 4.90 Å². The number of nitrogens with one attached hydrogen (secondary N) is 1. The Hall–Kier alpha value is -1.26. The molecule has 5 nitrogen and oxygen atoms in total. The number of carboxylic acid groups (broad SMARTS) is 1. The van der Waals surface area contributed by atoms with Crippen molar-refractivity contribution in [3.05, 3.63) is 0 Å². The molecule has 17 heavy (non-hydrogen) atoms. The fraction of sp³-hybridized carbons (Fsp3) is 0.833. The first kappa shape index (κ1) is 12.2. The van der Waals surface area contributed by atoms with Gasteiger partial charge >= 0.3 is 12.0 Å². The van der Waals surface area contributed by atoms with Crippen molar-refractivity contribution >= 4 is 12.0 Å². The number of carbonyl (C=O) groups is 2. The highest BCUT2D eigenvalue weighted by Gasteiger charge is 2.41. The maximum atomic E-state index is 12.0. The highest BCUT2D eigenvalue weighted by atomic mass is 16.4. The first-order valence-electron chi connectivity index (χ1n) is 6.23. The topological polar surface area (TPSA) is 69.6 Å². The number of urea groups is 1.